The Bertz CT molecular complexity index is 659. The molecule has 0 saturated carbocycles. The van der Waals surface area contributed by atoms with Crippen molar-refractivity contribution in [3.05, 3.63) is 36.4 Å². The molecule has 0 aromatic heterocycles. The van der Waals surface area contributed by atoms with E-state index in [-0.39, 0.29) is 18.1 Å². The first-order valence-corrected chi connectivity index (χ1v) is 8.95. The molecule has 1 saturated heterocycles. The van der Waals surface area contributed by atoms with Crippen LogP contribution in [0, 0.1) is 5.92 Å². The van der Waals surface area contributed by atoms with Crippen molar-refractivity contribution in [1.29, 1.82) is 0 Å². The third kappa shape index (κ3) is 3.25. The number of fused-ring (bicyclic) bond motifs is 1. The monoisotopic (exact) mass is 345 g/mol. The number of hydrogen-bond donors (Lipinski definition) is 1. The number of carbonyl (C=O) groups excluding carboxylic acids is 1. The summed E-state index contributed by atoms with van der Waals surface area (Å²) in [6.45, 7) is 10.8. The summed E-state index contributed by atoms with van der Waals surface area (Å²) in [6.07, 6.45) is 0.293. The zero-order valence-electron chi connectivity index (χ0n) is 15.2. The van der Waals surface area contributed by atoms with Gasteiger partial charge in [0.2, 0.25) is 0 Å². The Morgan fingerprint density at radius 3 is 2.56 bits per heavy atom. The SMILES string of the molecule is C=C1c2ccccc2OC2(CCN(C(=O)OC(C)C)CC2)C1C(C)O. The molecule has 2 aliphatic rings. The highest BCUT2D eigenvalue weighted by Crippen LogP contribution is 2.49. The van der Waals surface area contributed by atoms with Gasteiger partial charge >= 0.3 is 6.09 Å². The standard InChI is InChI=1S/C20H27NO4/c1-13(2)24-19(23)21-11-9-20(10-12-21)18(15(4)22)14(3)16-7-5-6-8-17(16)25-20/h5-8,13,15,18,22H,3,9-12H2,1-2,4H3. The van der Waals surface area contributed by atoms with E-state index in [0.29, 0.717) is 25.9 Å². The van der Waals surface area contributed by atoms with Gasteiger partial charge in [0.25, 0.3) is 0 Å². The second-order valence-electron chi connectivity index (χ2n) is 7.33. The molecule has 0 radical (unpaired) electrons. The normalized spacial score (nSPS) is 23.2. The first-order chi connectivity index (χ1) is 11.8. The summed E-state index contributed by atoms with van der Waals surface area (Å²) in [5.74, 6) is 0.619. The quantitative estimate of drug-likeness (QED) is 0.892. The molecule has 1 N–H and O–H groups in total. The van der Waals surface area contributed by atoms with E-state index < -0.39 is 11.7 Å². The lowest BCUT2D eigenvalue weighted by atomic mass is 9.70. The van der Waals surface area contributed by atoms with Crippen molar-refractivity contribution in [3.8, 4) is 5.75 Å². The summed E-state index contributed by atoms with van der Waals surface area (Å²) in [4.78, 5) is 13.9. The molecule has 1 spiro atoms. The summed E-state index contributed by atoms with van der Waals surface area (Å²) >= 11 is 0. The Labute approximate surface area is 149 Å². The zero-order chi connectivity index (χ0) is 18.2. The Balaban J connectivity index is 1.83. The first kappa shape index (κ1) is 17.8. The van der Waals surface area contributed by atoms with E-state index >= 15 is 0 Å². The fourth-order valence-electron chi connectivity index (χ4n) is 4.08. The van der Waals surface area contributed by atoms with E-state index in [2.05, 4.69) is 6.58 Å². The fraction of sp³-hybridized carbons (Fsp3) is 0.550. The second-order valence-corrected chi connectivity index (χ2v) is 7.33. The summed E-state index contributed by atoms with van der Waals surface area (Å²) in [7, 11) is 0. The van der Waals surface area contributed by atoms with Crippen LogP contribution in [0.4, 0.5) is 4.79 Å². The number of likely N-dealkylation sites (tertiary alicyclic amines) is 1. The van der Waals surface area contributed by atoms with Crippen molar-refractivity contribution >= 4 is 11.7 Å². The minimum atomic E-state index is -0.574. The van der Waals surface area contributed by atoms with Crippen LogP contribution < -0.4 is 4.74 Å². The van der Waals surface area contributed by atoms with Gasteiger partial charge in [-0.05, 0) is 32.4 Å². The highest BCUT2D eigenvalue weighted by atomic mass is 16.6. The average Bonchev–Trinajstić information content (AvgIpc) is 2.54. The maximum Gasteiger partial charge on any atom is 0.410 e. The maximum atomic E-state index is 12.2. The number of rotatable bonds is 2. The van der Waals surface area contributed by atoms with Crippen molar-refractivity contribution in [2.75, 3.05) is 13.1 Å². The van der Waals surface area contributed by atoms with Crippen LogP contribution in [0.5, 0.6) is 5.75 Å². The molecule has 0 aliphatic carbocycles. The third-order valence-corrected chi connectivity index (χ3v) is 5.18. The van der Waals surface area contributed by atoms with Gasteiger partial charge in [-0.25, -0.2) is 4.79 Å². The summed E-state index contributed by atoms with van der Waals surface area (Å²) < 4.78 is 11.7. The number of aliphatic hydroxyl groups excluding tert-OH is 1. The Kier molecular flexibility index (Phi) is 4.78. The Morgan fingerprint density at radius 2 is 1.96 bits per heavy atom. The lowest BCUT2D eigenvalue weighted by molar-refractivity contribution is -0.0654. The first-order valence-electron chi connectivity index (χ1n) is 8.95. The average molecular weight is 345 g/mol. The highest BCUT2D eigenvalue weighted by molar-refractivity contribution is 5.74. The molecule has 2 aliphatic heterocycles. The van der Waals surface area contributed by atoms with Crippen LogP contribution in [0.2, 0.25) is 0 Å². The van der Waals surface area contributed by atoms with E-state index in [1.54, 1.807) is 11.8 Å². The van der Waals surface area contributed by atoms with E-state index in [9.17, 15) is 9.90 Å². The van der Waals surface area contributed by atoms with Crippen LogP contribution in [0.25, 0.3) is 5.57 Å². The summed E-state index contributed by atoms with van der Waals surface area (Å²) in [5.41, 5.74) is 1.34. The predicted octanol–water partition coefficient (Wildman–Crippen LogP) is 3.47. The van der Waals surface area contributed by atoms with Crippen LogP contribution >= 0.6 is 0 Å². The molecule has 25 heavy (non-hydrogen) atoms. The number of aliphatic hydroxyl groups is 1. The van der Waals surface area contributed by atoms with Crippen LogP contribution in [-0.2, 0) is 4.74 Å². The van der Waals surface area contributed by atoms with Gasteiger partial charge in [0.1, 0.15) is 11.4 Å². The largest absolute Gasteiger partial charge is 0.486 e. The van der Waals surface area contributed by atoms with Gasteiger partial charge in [-0.15, -0.1) is 0 Å². The molecule has 3 rings (SSSR count). The molecule has 0 bridgehead atoms. The van der Waals surface area contributed by atoms with E-state index in [0.717, 1.165) is 16.9 Å². The molecular weight excluding hydrogens is 318 g/mol. The lowest BCUT2D eigenvalue weighted by Crippen LogP contribution is -2.57. The van der Waals surface area contributed by atoms with Gasteiger partial charge in [0, 0.05) is 37.4 Å². The number of benzene rings is 1. The molecule has 136 valence electrons. The fourth-order valence-corrected chi connectivity index (χ4v) is 4.08. The second kappa shape index (κ2) is 6.71. The molecule has 1 amide bonds. The smallest absolute Gasteiger partial charge is 0.410 e. The van der Waals surface area contributed by atoms with Gasteiger partial charge in [-0.2, -0.15) is 0 Å². The number of ether oxygens (including phenoxy) is 2. The molecule has 1 aromatic carbocycles. The molecule has 2 unspecified atom stereocenters. The molecule has 5 nitrogen and oxygen atoms in total. The van der Waals surface area contributed by atoms with Gasteiger partial charge < -0.3 is 19.5 Å². The van der Waals surface area contributed by atoms with Crippen LogP contribution in [-0.4, -0.2) is 47.0 Å². The highest BCUT2D eigenvalue weighted by Gasteiger charge is 2.50. The molecule has 2 atom stereocenters. The number of nitrogens with zero attached hydrogens (tertiary/aromatic N) is 1. The molecule has 2 heterocycles. The van der Waals surface area contributed by atoms with Gasteiger partial charge in [-0.3, -0.25) is 0 Å². The van der Waals surface area contributed by atoms with Crippen molar-refractivity contribution in [2.24, 2.45) is 5.92 Å². The maximum absolute atomic E-state index is 12.2. The zero-order valence-corrected chi connectivity index (χ0v) is 15.2. The molecule has 1 fully saturated rings. The summed E-state index contributed by atoms with van der Waals surface area (Å²) in [6, 6.07) is 7.82. The minimum Gasteiger partial charge on any atom is -0.486 e. The van der Waals surface area contributed by atoms with Gasteiger partial charge in [0.05, 0.1) is 12.2 Å². The number of para-hydroxylation sites is 1. The Hall–Kier alpha value is -2.01. The van der Waals surface area contributed by atoms with E-state index in [1.807, 2.05) is 38.1 Å². The van der Waals surface area contributed by atoms with E-state index in [1.165, 1.54) is 0 Å². The molecular formula is C20H27NO4. The number of amides is 1. The topological polar surface area (TPSA) is 59.0 Å². The minimum absolute atomic E-state index is 0.133. The predicted molar refractivity (Wildman–Crippen MR) is 96.4 cm³/mol. The van der Waals surface area contributed by atoms with Gasteiger partial charge in [0.15, 0.2) is 0 Å². The number of carbonyl (C=O) groups is 1. The molecule has 1 aromatic rings. The van der Waals surface area contributed by atoms with Crippen molar-refractivity contribution in [1.82, 2.24) is 4.90 Å². The lowest BCUT2D eigenvalue weighted by Gasteiger charge is -2.50. The van der Waals surface area contributed by atoms with Crippen molar-refractivity contribution < 1.29 is 19.4 Å². The molecule has 5 heteroatoms. The van der Waals surface area contributed by atoms with Crippen molar-refractivity contribution in [2.45, 2.75) is 51.4 Å². The van der Waals surface area contributed by atoms with Crippen LogP contribution in [0.15, 0.2) is 30.8 Å². The number of piperidine rings is 1. The third-order valence-electron chi connectivity index (χ3n) is 5.18. The summed E-state index contributed by atoms with van der Waals surface area (Å²) in [5, 5.41) is 10.4. The van der Waals surface area contributed by atoms with Crippen LogP contribution in [0.1, 0.15) is 39.2 Å². The number of hydrogen-bond acceptors (Lipinski definition) is 4. The van der Waals surface area contributed by atoms with E-state index in [4.69, 9.17) is 9.47 Å². The van der Waals surface area contributed by atoms with Crippen LogP contribution in [0.3, 0.4) is 0 Å². The Morgan fingerprint density at radius 1 is 1.32 bits per heavy atom. The van der Waals surface area contributed by atoms with Gasteiger partial charge in [-0.1, -0.05) is 24.8 Å². The van der Waals surface area contributed by atoms with Crippen molar-refractivity contribution in [3.63, 3.8) is 0 Å².